The van der Waals surface area contributed by atoms with E-state index in [1.54, 1.807) is 48.5 Å². The lowest BCUT2D eigenvalue weighted by Gasteiger charge is -2.14. The number of hydrogen-bond donors (Lipinski definition) is 4. The van der Waals surface area contributed by atoms with Crippen molar-refractivity contribution >= 4 is 39.0 Å². The van der Waals surface area contributed by atoms with Crippen LogP contribution in [0.2, 0.25) is 0 Å². The zero-order valence-electron chi connectivity index (χ0n) is 19.2. The quantitative estimate of drug-likeness (QED) is 0.337. The Bertz CT molecular complexity index is 1260. The average molecular weight is 499 g/mol. The summed E-state index contributed by atoms with van der Waals surface area (Å²) in [5, 5.41) is 7.60. The van der Waals surface area contributed by atoms with E-state index in [4.69, 9.17) is 9.47 Å². The minimum absolute atomic E-state index is 0.0989. The molecule has 3 rings (SSSR count). The van der Waals surface area contributed by atoms with Crippen molar-refractivity contribution < 1.29 is 27.5 Å². The van der Waals surface area contributed by atoms with E-state index >= 15 is 0 Å². The fourth-order valence-corrected chi connectivity index (χ4v) is 4.28. The van der Waals surface area contributed by atoms with Gasteiger partial charge in [-0.25, -0.2) is 13.2 Å². The van der Waals surface area contributed by atoms with Crippen LogP contribution < -0.4 is 30.1 Å². The van der Waals surface area contributed by atoms with Crippen LogP contribution in [0.4, 0.5) is 21.9 Å². The van der Waals surface area contributed by atoms with Crippen molar-refractivity contribution in [3.63, 3.8) is 0 Å². The van der Waals surface area contributed by atoms with Gasteiger partial charge in [0.15, 0.2) is 0 Å². The third-order valence-corrected chi connectivity index (χ3v) is 6.00. The maximum Gasteiger partial charge on any atom is 0.319 e. The van der Waals surface area contributed by atoms with Crippen molar-refractivity contribution in [2.75, 3.05) is 35.6 Å². The van der Waals surface area contributed by atoms with Crippen molar-refractivity contribution in [1.82, 2.24) is 5.32 Å². The molecule has 0 spiro atoms. The fraction of sp³-hybridized carbons (Fsp3) is 0.167. The molecular formula is C24H26N4O6S. The lowest BCUT2D eigenvalue weighted by atomic mass is 10.3. The number of para-hydroxylation sites is 1. The predicted molar refractivity (Wildman–Crippen MR) is 134 cm³/mol. The molecule has 0 aliphatic rings. The zero-order chi connectivity index (χ0) is 25.3. The molecule has 11 heteroatoms. The molecule has 0 aliphatic heterocycles. The van der Waals surface area contributed by atoms with Gasteiger partial charge in [-0.05, 0) is 61.5 Å². The van der Waals surface area contributed by atoms with E-state index in [9.17, 15) is 18.0 Å². The van der Waals surface area contributed by atoms with Crippen LogP contribution in [0.25, 0.3) is 0 Å². The summed E-state index contributed by atoms with van der Waals surface area (Å²) in [6.45, 7) is 2.02. The number of sulfonamides is 1. The molecule has 0 unspecified atom stereocenters. The van der Waals surface area contributed by atoms with Crippen LogP contribution in [0, 0.1) is 0 Å². The molecule has 35 heavy (non-hydrogen) atoms. The molecule has 4 N–H and O–H groups in total. The standard InChI is InChI=1S/C24H26N4O6S/c1-3-34-20-12-9-18(10-13-20)28-35(31,32)22-15-19(11-14-21(22)33-2)26-23(29)16-25-24(30)27-17-7-5-4-6-8-17/h4-15,28H,3,16H2,1-2H3,(H,26,29)(H2,25,27,30). The Balaban J connectivity index is 1.65. The monoisotopic (exact) mass is 498 g/mol. The minimum atomic E-state index is -4.05. The Labute approximate surface area is 203 Å². The maximum atomic E-state index is 13.0. The van der Waals surface area contributed by atoms with Gasteiger partial charge in [0.1, 0.15) is 16.4 Å². The second-order valence-electron chi connectivity index (χ2n) is 7.15. The van der Waals surface area contributed by atoms with Crippen LogP contribution in [0.15, 0.2) is 77.7 Å². The SMILES string of the molecule is CCOc1ccc(NS(=O)(=O)c2cc(NC(=O)CNC(=O)Nc3ccccc3)ccc2OC)cc1. The summed E-state index contributed by atoms with van der Waals surface area (Å²) in [6, 6.07) is 18.9. The second kappa shape index (κ2) is 11.7. The molecule has 0 fully saturated rings. The average Bonchev–Trinajstić information content (AvgIpc) is 2.84. The highest BCUT2D eigenvalue weighted by Gasteiger charge is 2.21. The van der Waals surface area contributed by atoms with Crippen molar-refractivity contribution in [2.45, 2.75) is 11.8 Å². The van der Waals surface area contributed by atoms with Crippen LogP contribution >= 0.6 is 0 Å². The van der Waals surface area contributed by atoms with Gasteiger partial charge in [-0.1, -0.05) is 18.2 Å². The highest BCUT2D eigenvalue weighted by molar-refractivity contribution is 7.92. The lowest BCUT2D eigenvalue weighted by Crippen LogP contribution is -2.35. The summed E-state index contributed by atoms with van der Waals surface area (Å²) in [4.78, 5) is 24.1. The summed E-state index contributed by atoms with van der Waals surface area (Å²) in [5.41, 5.74) is 1.13. The number of rotatable bonds is 10. The number of hydrogen-bond acceptors (Lipinski definition) is 6. The fourth-order valence-electron chi connectivity index (χ4n) is 3.02. The first-order valence-corrected chi connectivity index (χ1v) is 12.1. The van der Waals surface area contributed by atoms with Crippen LogP contribution in [0.3, 0.4) is 0 Å². The van der Waals surface area contributed by atoms with Gasteiger partial charge in [0.25, 0.3) is 10.0 Å². The van der Waals surface area contributed by atoms with Crippen LogP contribution in [0.5, 0.6) is 11.5 Å². The molecule has 0 atom stereocenters. The summed E-state index contributed by atoms with van der Waals surface area (Å²) in [7, 11) is -2.70. The van der Waals surface area contributed by atoms with E-state index in [2.05, 4.69) is 20.7 Å². The highest BCUT2D eigenvalue weighted by atomic mass is 32.2. The molecule has 0 aromatic heterocycles. The van der Waals surface area contributed by atoms with Crippen LogP contribution in [0.1, 0.15) is 6.92 Å². The maximum absolute atomic E-state index is 13.0. The number of urea groups is 1. The molecule has 10 nitrogen and oxygen atoms in total. The molecule has 0 radical (unpaired) electrons. The number of carbonyl (C=O) groups excluding carboxylic acids is 2. The predicted octanol–water partition coefficient (Wildman–Crippen LogP) is 3.65. The molecule has 0 saturated heterocycles. The van der Waals surface area contributed by atoms with E-state index < -0.39 is 22.0 Å². The summed E-state index contributed by atoms with van der Waals surface area (Å²) in [6.07, 6.45) is 0. The first-order valence-electron chi connectivity index (χ1n) is 10.6. The van der Waals surface area contributed by atoms with Gasteiger partial charge in [-0.2, -0.15) is 0 Å². The summed E-state index contributed by atoms with van der Waals surface area (Å²) >= 11 is 0. The van der Waals surface area contributed by atoms with Gasteiger partial charge in [-0.15, -0.1) is 0 Å². The molecule has 0 heterocycles. The molecular weight excluding hydrogens is 472 g/mol. The second-order valence-corrected chi connectivity index (χ2v) is 8.80. The number of benzene rings is 3. The third-order valence-electron chi connectivity index (χ3n) is 4.60. The van der Waals surface area contributed by atoms with E-state index in [1.165, 1.54) is 25.3 Å². The van der Waals surface area contributed by atoms with Gasteiger partial charge in [-0.3, -0.25) is 9.52 Å². The Hall–Kier alpha value is -4.25. The first kappa shape index (κ1) is 25.4. The summed E-state index contributed by atoms with van der Waals surface area (Å²) in [5.74, 6) is 0.173. The van der Waals surface area contributed by atoms with Gasteiger partial charge >= 0.3 is 6.03 Å². The normalized spacial score (nSPS) is 10.7. The number of nitrogens with one attached hydrogen (secondary N) is 4. The number of anilines is 3. The van der Waals surface area contributed by atoms with Crippen molar-refractivity contribution in [2.24, 2.45) is 0 Å². The van der Waals surface area contributed by atoms with E-state index in [0.29, 0.717) is 23.7 Å². The van der Waals surface area contributed by atoms with E-state index in [1.807, 2.05) is 13.0 Å². The Morgan fingerprint density at radius 1 is 0.857 bits per heavy atom. The smallest absolute Gasteiger partial charge is 0.319 e. The molecule has 3 amide bonds. The Morgan fingerprint density at radius 2 is 1.54 bits per heavy atom. The number of methoxy groups -OCH3 is 1. The van der Waals surface area contributed by atoms with Gasteiger partial charge < -0.3 is 25.4 Å². The molecule has 3 aromatic rings. The number of ether oxygens (including phenoxy) is 2. The largest absolute Gasteiger partial charge is 0.495 e. The third kappa shape index (κ3) is 7.37. The number of carbonyl (C=O) groups is 2. The molecule has 0 saturated carbocycles. The van der Waals surface area contributed by atoms with Crippen molar-refractivity contribution in [1.29, 1.82) is 0 Å². The van der Waals surface area contributed by atoms with Gasteiger partial charge in [0.05, 0.1) is 20.3 Å². The molecule has 3 aromatic carbocycles. The highest BCUT2D eigenvalue weighted by Crippen LogP contribution is 2.29. The Morgan fingerprint density at radius 3 is 2.20 bits per heavy atom. The summed E-state index contributed by atoms with van der Waals surface area (Å²) < 4.78 is 39.1. The van der Waals surface area contributed by atoms with Gasteiger partial charge in [0.2, 0.25) is 5.91 Å². The zero-order valence-corrected chi connectivity index (χ0v) is 20.0. The number of amides is 3. The molecule has 0 aliphatic carbocycles. The molecule has 184 valence electrons. The van der Waals surface area contributed by atoms with E-state index in [-0.39, 0.29) is 22.9 Å². The van der Waals surface area contributed by atoms with Crippen molar-refractivity contribution in [3.05, 3.63) is 72.8 Å². The first-order chi connectivity index (χ1) is 16.8. The van der Waals surface area contributed by atoms with Crippen LogP contribution in [-0.4, -0.2) is 40.6 Å². The van der Waals surface area contributed by atoms with Gasteiger partial charge in [0, 0.05) is 17.1 Å². The topological polar surface area (TPSA) is 135 Å². The lowest BCUT2D eigenvalue weighted by molar-refractivity contribution is -0.115. The minimum Gasteiger partial charge on any atom is -0.495 e. The van der Waals surface area contributed by atoms with E-state index in [0.717, 1.165) is 0 Å². The molecule has 0 bridgehead atoms. The Kier molecular flexibility index (Phi) is 8.52. The van der Waals surface area contributed by atoms with Crippen LogP contribution in [-0.2, 0) is 14.8 Å². The van der Waals surface area contributed by atoms with Crippen molar-refractivity contribution in [3.8, 4) is 11.5 Å².